The van der Waals surface area contributed by atoms with Gasteiger partial charge >= 0.3 is 0 Å². The van der Waals surface area contributed by atoms with E-state index in [1.807, 2.05) is 42.5 Å². The topological polar surface area (TPSA) is 26.0 Å². The number of nitrogens with two attached hydrogens (primary N) is 1. The molecule has 2 N–H and O–H groups in total. The van der Waals surface area contributed by atoms with Gasteiger partial charge in [0.2, 0.25) is 0 Å². The van der Waals surface area contributed by atoms with E-state index in [1.165, 1.54) is 5.46 Å². The van der Waals surface area contributed by atoms with Crippen LogP contribution in [0, 0.1) is 0 Å². The Morgan fingerprint density at radius 3 is 2.14 bits per heavy atom. The fourth-order valence-electron chi connectivity index (χ4n) is 1.37. The molecule has 1 nitrogen and oxygen atoms in total. The standard InChI is InChI=1S/C12H11BN/c14-12-9-5-4-8-11(12)13-10-6-2-1-3-7-10/h1-9H,14H2. The van der Waals surface area contributed by atoms with Crippen LogP contribution in [0.3, 0.4) is 0 Å². The second-order valence-corrected chi connectivity index (χ2v) is 3.18. The molecule has 0 unspecified atom stereocenters. The summed E-state index contributed by atoms with van der Waals surface area (Å²) in [5, 5.41) is 0. The first-order valence-corrected chi connectivity index (χ1v) is 4.60. The van der Waals surface area contributed by atoms with E-state index < -0.39 is 0 Å². The summed E-state index contributed by atoms with van der Waals surface area (Å²) in [6.07, 6.45) is 0. The molecule has 2 aromatic rings. The Morgan fingerprint density at radius 1 is 0.786 bits per heavy atom. The van der Waals surface area contributed by atoms with E-state index in [2.05, 4.69) is 19.4 Å². The molecule has 0 aliphatic heterocycles. The van der Waals surface area contributed by atoms with Crippen molar-refractivity contribution in [2.45, 2.75) is 0 Å². The maximum Gasteiger partial charge on any atom is 0.194 e. The molecule has 0 aromatic heterocycles. The van der Waals surface area contributed by atoms with Gasteiger partial charge in [-0.25, -0.2) is 0 Å². The molecule has 0 saturated carbocycles. The Kier molecular flexibility index (Phi) is 2.54. The van der Waals surface area contributed by atoms with Crippen molar-refractivity contribution in [2.75, 3.05) is 5.73 Å². The van der Waals surface area contributed by atoms with Crippen LogP contribution in [0.4, 0.5) is 5.69 Å². The van der Waals surface area contributed by atoms with Crippen LogP contribution in [0.5, 0.6) is 0 Å². The van der Waals surface area contributed by atoms with Crippen LogP contribution in [-0.2, 0) is 0 Å². The largest absolute Gasteiger partial charge is 0.399 e. The third kappa shape index (κ3) is 1.97. The van der Waals surface area contributed by atoms with E-state index in [0.29, 0.717) is 0 Å². The van der Waals surface area contributed by atoms with Crippen LogP contribution in [0.2, 0.25) is 0 Å². The zero-order valence-corrected chi connectivity index (χ0v) is 7.85. The van der Waals surface area contributed by atoms with Crippen molar-refractivity contribution in [2.24, 2.45) is 0 Å². The molecule has 0 amide bonds. The maximum atomic E-state index is 5.84. The molecule has 14 heavy (non-hydrogen) atoms. The molecule has 0 bridgehead atoms. The van der Waals surface area contributed by atoms with Crippen LogP contribution in [0.25, 0.3) is 0 Å². The third-order valence-corrected chi connectivity index (χ3v) is 2.12. The van der Waals surface area contributed by atoms with Crippen LogP contribution >= 0.6 is 0 Å². The first-order chi connectivity index (χ1) is 6.86. The van der Waals surface area contributed by atoms with Gasteiger partial charge in [0.15, 0.2) is 7.28 Å². The molecule has 2 rings (SSSR count). The van der Waals surface area contributed by atoms with Crippen molar-refractivity contribution in [3.63, 3.8) is 0 Å². The first-order valence-electron chi connectivity index (χ1n) is 4.60. The second kappa shape index (κ2) is 4.01. The van der Waals surface area contributed by atoms with E-state index in [1.54, 1.807) is 0 Å². The van der Waals surface area contributed by atoms with Gasteiger partial charge in [-0.1, -0.05) is 59.5 Å². The zero-order valence-electron chi connectivity index (χ0n) is 7.85. The molecule has 1 radical (unpaired) electrons. The van der Waals surface area contributed by atoms with E-state index >= 15 is 0 Å². The minimum atomic E-state index is 0.816. The predicted octanol–water partition coefficient (Wildman–Crippen LogP) is 0.924. The normalized spacial score (nSPS) is 9.71. The maximum absolute atomic E-state index is 5.84. The average molecular weight is 180 g/mol. The van der Waals surface area contributed by atoms with Gasteiger partial charge in [-0.15, -0.1) is 0 Å². The predicted molar refractivity (Wildman–Crippen MR) is 62.3 cm³/mol. The number of rotatable bonds is 2. The van der Waals surface area contributed by atoms with Crippen LogP contribution in [0.15, 0.2) is 54.6 Å². The lowest BCUT2D eigenvalue weighted by Crippen LogP contribution is -2.28. The fraction of sp³-hybridized carbons (Fsp3) is 0. The molecule has 0 aliphatic carbocycles. The van der Waals surface area contributed by atoms with Gasteiger partial charge in [0.1, 0.15) is 0 Å². The highest BCUT2D eigenvalue weighted by Crippen LogP contribution is 1.95. The van der Waals surface area contributed by atoms with Crippen molar-refractivity contribution in [1.29, 1.82) is 0 Å². The summed E-state index contributed by atoms with van der Waals surface area (Å²) in [5.41, 5.74) is 8.89. The van der Waals surface area contributed by atoms with Crippen molar-refractivity contribution >= 4 is 23.9 Å². The number of hydrogen-bond donors (Lipinski definition) is 1. The second-order valence-electron chi connectivity index (χ2n) is 3.18. The van der Waals surface area contributed by atoms with Crippen molar-refractivity contribution < 1.29 is 0 Å². The van der Waals surface area contributed by atoms with Gasteiger partial charge in [0, 0.05) is 5.69 Å². The van der Waals surface area contributed by atoms with Crippen molar-refractivity contribution in [3.8, 4) is 0 Å². The Bertz CT molecular complexity index is 412. The lowest BCUT2D eigenvalue weighted by atomic mass is 9.63. The summed E-state index contributed by atoms with van der Waals surface area (Å²) in [6.45, 7) is 0. The van der Waals surface area contributed by atoms with Gasteiger partial charge in [0.05, 0.1) is 0 Å². The number of anilines is 1. The highest BCUT2D eigenvalue weighted by Gasteiger charge is 2.00. The Balaban J connectivity index is 2.24. The minimum Gasteiger partial charge on any atom is -0.399 e. The average Bonchev–Trinajstić information content (AvgIpc) is 2.23. The number of benzene rings is 2. The number of nitrogen functional groups attached to an aromatic ring is 1. The lowest BCUT2D eigenvalue weighted by molar-refractivity contribution is 1.73. The summed E-state index contributed by atoms with van der Waals surface area (Å²) in [7, 11) is 2.08. The number of hydrogen-bond acceptors (Lipinski definition) is 1. The molecule has 0 saturated heterocycles. The van der Waals surface area contributed by atoms with Gasteiger partial charge in [-0.3, -0.25) is 0 Å². The number of para-hydroxylation sites is 1. The summed E-state index contributed by atoms with van der Waals surface area (Å²) < 4.78 is 0. The van der Waals surface area contributed by atoms with E-state index in [-0.39, 0.29) is 0 Å². The summed E-state index contributed by atoms with van der Waals surface area (Å²) in [5.74, 6) is 0. The highest BCUT2D eigenvalue weighted by atomic mass is 14.5. The Labute approximate surface area is 84.8 Å². The molecular weight excluding hydrogens is 169 g/mol. The molecule has 67 valence electrons. The lowest BCUT2D eigenvalue weighted by Gasteiger charge is -2.03. The Morgan fingerprint density at radius 2 is 1.43 bits per heavy atom. The molecule has 2 heteroatoms. The van der Waals surface area contributed by atoms with Crippen molar-refractivity contribution in [1.82, 2.24) is 0 Å². The summed E-state index contributed by atoms with van der Waals surface area (Å²) >= 11 is 0. The van der Waals surface area contributed by atoms with Crippen LogP contribution in [0.1, 0.15) is 0 Å². The molecule has 2 aromatic carbocycles. The van der Waals surface area contributed by atoms with E-state index in [9.17, 15) is 0 Å². The van der Waals surface area contributed by atoms with Gasteiger partial charge in [-0.2, -0.15) is 0 Å². The Hall–Kier alpha value is -1.70. The van der Waals surface area contributed by atoms with Gasteiger partial charge in [0.25, 0.3) is 0 Å². The quantitative estimate of drug-likeness (QED) is 0.539. The molecule has 0 fully saturated rings. The van der Waals surface area contributed by atoms with Crippen molar-refractivity contribution in [3.05, 3.63) is 54.6 Å². The smallest absolute Gasteiger partial charge is 0.194 e. The third-order valence-electron chi connectivity index (χ3n) is 2.12. The fourth-order valence-corrected chi connectivity index (χ4v) is 1.37. The molecule has 0 heterocycles. The minimum absolute atomic E-state index is 0.816. The molecular formula is C12H11BN. The zero-order chi connectivity index (χ0) is 9.80. The first kappa shape index (κ1) is 8.88. The summed E-state index contributed by atoms with van der Waals surface area (Å²) in [6, 6.07) is 18.0. The monoisotopic (exact) mass is 180 g/mol. The van der Waals surface area contributed by atoms with Gasteiger partial charge < -0.3 is 5.73 Å². The van der Waals surface area contributed by atoms with E-state index in [4.69, 9.17) is 5.73 Å². The summed E-state index contributed by atoms with van der Waals surface area (Å²) in [4.78, 5) is 0. The van der Waals surface area contributed by atoms with E-state index in [0.717, 1.165) is 11.2 Å². The highest BCUT2D eigenvalue weighted by molar-refractivity contribution is 6.68. The molecule has 0 spiro atoms. The van der Waals surface area contributed by atoms with Crippen LogP contribution in [-0.4, -0.2) is 7.28 Å². The molecule has 0 atom stereocenters. The molecule has 0 aliphatic rings. The SMILES string of the molecule is Nc1ccccc1[B]c1ccccc1. The van der Waals surface area contributed by atoms with Crippen LogP contribution < -0.4 is 16.7 Å². The van der Waals surface area contributed by atoms with Gasteiger partial charge in [-0.05, 0) is 6.07 Å².